The molecule has 1 fully saturated rings. The Hall–Kier alpha value is -0.390. The average Bonchev–Trinajstić information content (AvgIpc) is 2.62. The van der Waals surface area contributed by atoms with Gasteiger partial charge in [-0.05, 0) is 41.9 Å². The van der Waals surface area contributed by atoms with Crippen LogP contribution >= 0.6 is 27.3 Å². The second-order valence-electron chi connectivity index (χ2n) is 4.28. The number of nitrogens with zero attached hydrogens (tertiary/aromatic N) is 1. The molecule has 2 heterocycles. The van der Waals surface area contributed by atoms with E-state index in [-0.39, 0.29) is 5.91 Å². The molecule has 1 aromatic heterocycles. The van der Waals surface area contributed by atoms with E-state index in [0.717, 1.165) is 21.8 Å². The van der Waals surface area contributed by atoms with Crippen LogP contribution in [0.15, 0.2) is 15.9 Å². The van der Waals surface area contributed by atoms with Gasteiger partial charge < -0.3 is 10.2 Å². The van der Waals surface area contributed by atoms with Crippen LogP contribution in [-0.2, 0) is 0 Å². The molecule has 0 bridgehead atoms. The molecule has 1 aromatic rings. The second kappa shape index (κ2) is 4.85. The van der Waals surface area contributed by atoms with Gasteiger partial charge in [-0.15, -0.1) is 11.3 Å². The molecule has 0 saturated carbocycles. The highest BCUT2D eigenvalue weighted by atomic mass is 79.9. The average molecular weight is 303 g/mol. The molecule has 1 saturated heterocycles. The molecule has 2 unspecified atom stereocenters. The molecular formula is C11H15BrN2OS. The first-order chi connectivity index (χ1) is 7.56. The van der Waals surface area contributed by atoms with Crippen LogP contribution in [0.2, 0.25) is 0 Å². The number of thiophene rings is 1. The molecule has 0 aromatic carbocycles. The first-order valence-corrected chi connectivity index (χ1v) is 6.98. The number of carbonyl (C=O) groups excluding carboxylic acids is 1. The molecule has 5 heteroatoms. The van der Waals surface area contributed by atoms with Crippen molar-refractivity contribution in [1.82, 2.24) is 10.2 Å². The summed E-state index contributed by atoms with van der Waals surface area (Å²) < 4.78 is 1.01. The molecule has 88 valence electrons. The number of rotatable bonds is 1. The summed E-state index contributed by atoms with van der Waals surface area (Å²) in [5.74, 6) is 0.149. The Morgan fingerprint density at radius 1 is 1.44 bits per heavy atom. The first-order valence-electron chi connectivity index (χ1n) is 5.37. The Kier molecular flexibility index (Phi) is 3.66. The lowest BCUT2D eigenvalue weighted by Crippen LogP contribution is -2.55. The van der Waals surface area contributed by atoms with E-state index in [0.29, 0.717) is 12.1 Å². The van der Waals surface area contributed by atoms with Crippen molar-refractivity contribution in [2.24, 2.45) is 0 Å². The largest absolute Gasteiger partial charge is 0.335 e. The predicted molar refractivity (Wildman–Crippen MR) is 70.0 cm³/mol. The van der Waals surface area contributed by atoms with Gasteiger partial charge in [-0.3, -0.25) is 4.79 Å². The Morgan fingerprint density at radius 3 is 2.56 bits per heavy atom. The van der Waals surface area contributed by atoms with Crippen molar-refractivity contribution in [3.8, 4) is 0 Å². The van der Waals surface area contributed by atoms with Gasteiger partial charge in [-0.25, -0.2) is 0 Å². The minimum Gasteiger partial charge on any atom is -0.335 e. The summed E-state index contributed by atoms with van der Waals surface area (Å²) >= 11 is 4.88. The van der Waals surface area contributed by atoms with Gasteiger partial charge in [0.25, 0.3) is 5.91 Å². The van der Waals surface area contributed by atoms with Crippen LogP contribution in [0.4, 0.5) is 0 Å². The van der Waals surface area contributed by atoms with Gasteiger partial charge in [0, 0.05) is 25.2 Å². The summed E-state index contributed by atoms with van der Waals surface area (Å²) in [4.78, 5) is 14.9. The van der Waals surface area contributed by atoms with Gasteiger partial charge in [-0.2, -0.15) is 0 Å². The van der Waals surface area contributed by atoms with Gasteiger partial charge in [-0.1, -0.05) is 0 Å². The molecule has 2 atom stereocenters. The van der Waals surface area contributed by atoms with E-state index in [1.807, 2.05) is 17.0 Å². The van der Waals surface area contributed by atoms with Crippen LogP contribution < -0.4 is 5.32 Å². The van der Waals surface area contributed by atoms with Crippen LogP contribution in [0.25, 0.3) is 0 Å². The molecule has 0 aliphatic carbocycles. The zero-order valence-corrected chi connectivity index (χ0v) is 11.8. The number of carbonyl (C=O) groups is 1. The van der Waals surface area contributed by atoms with Crippen LogP contribution in [0.3, 0.4) is 0 Å². The minimum atomic E-state index is 0.149. The van der Waals surface area contributed by atoms with Crippen molar-refractivity contribution in [3.63, 3.8) is 0 Å². The Bertz CT molecular complexity index is 383. The standard InChI is InChI=1S/C11H15BrN2OS/c1-7-5-14(6-8(2)13-7)11(15)9-3-4-10(12)16-9/h3-4,7-8,13H,5-6H2,1-2H3. The van der Waals surface area contributed by atoms with Crippen LogP contribution in [0, 0.1) is 0 Å². The summed E-state index contributed by atoms with van der Waals surface area (Å²) in [5.41, 5.74) is 0. The molecule has 16 heavy (non-hydrogen) atoms. The lowest BCUT2D eigenvalue weighted by molar-refractivity contribution is 0.0678. The summed E-state index contributed by atoms with van der Waals surface area (Å²) in [6, 6.07) is 4.55. The number of amides is 1. The van der Waals surface area contributed by atoms with E-state index in [9.17, 15) is 4.79 Å². The van der Waals surface area contributed by atoms with Gasteiger partial charge in [0.1, 0.15) is 0 Å². The van der Waals surface area contributed by atoms with Crippen LogP contribution in [0.1, 0.15) is 23.5 Å². The SMILES string of the molecule is CC1CN(C(=O)c2ccc(Br)s2)CC(C)N1. The maximum Gasteiger partial charge on any atom is 0.264 e. The van der Waals surface area contributed by atoms with Gasteiger partial charge in [0.15, 0.2) is 0 Å². The monoisotopic (exact) mass is 302 g/mol. The summed E-state index contributed by atoms with van der Waals surface area (Å²) in [6.07, 6.45) is 0. The Balaban J connectivity index is 2.09. The van der Waals surface area contributed by atoms with Crippen molar-refractivity contribution in [2.75, 3.05) is 13.1 Å². The fourth-order valence-electron chi connectivity index (χ4n) is 2.08. The zero-order valence-electron chi connectivity index (χ0n) is 9.37. The lowest BCUT2D eigenvalue weighted by Gasteiger charge is -2.35. The van der Waals surface area contributed by atoms with Crippen molar-refractivity contribution < 1.29 is 4.79 Å². The van der Waals surface area contributed by atoms with E-state index >= 15 is 0 Å². The molecular weight excluding hydrogens is 288 g/mol. The van der Waals surface area contributed by atoms with E-state index in [1.165, 1.54) is 11.3 Å². The number of hydrogen-bond donors (Lipinski definition) is 1. The van der Waals surface area contributed by atoms with Gasteiger partial charge in [0.2, 0.25) is 0 Å². The highest BCUT2D eigenvalue weighted by Gasteiger charge is 2.26. The molecule has 0 radical (unpaired) electrons. The fourth-order valence-corrected chi connectivity index (χ4v) is 3.43. The van der Waals surface area contributed by atoms with Crippen molar-refractivity contribution >= 4 is 33.2 Å². The van der Waals surface area contributed by atoms with E-state index < -0.39 is 0 Å². The van der Waals surface area contributed by atoms with Crippen LogP contribution in [-0.4, -0.2) is 36.0 Å². The summed E-state index contributed by atoms with van der Waals surface area (Å²) in [6.45, 7) is 5.80. The normalized spacial score (nSPS) is 25.8. The third-order valence-electron chi connectivity index (χ3n) is 2.63. The molecule has 3 nitrogen and oxygen atoms in total. The Labute approximate surface area is 108 Å². The van der Waals surface area contributed by atoms with Gasteiger partial charge >= 0.3 is 0 Å². The molecule has 2 rings (SSSR count). The third kappa shape index (κ3) is 2.64. The van der Waals surface area contributed by atoms with E-state index in [2.05, 4.69) is 35.1 Å². The van der Waals surface area contributed by atoms with Crippen molar-refractivity contribution in [3.05, 3.63) is 20.8 Å². The quantitative estimate of drug-likeness (QED) is 0.863. The maximum absolute atomic E-state index is 12.2. The highest BCUT2D eigenvalue weighted by molar-refractivity contribution is 9.11. The fraction of sp³-hybridized carbons (Fsp3) is 0.545. The summed E-state index contributed by atoms with van der Waals surface area (Å²) in [7, 11) is 0. The minimum absolute atomic E-state index is 0.149. The van der Waals surface area contributed by atoms with Crippen molar-refractivity contribution in [2.45, 2.75) is 25.9 Å². The predicted octanol–water partition coefficient (Wildman–Crippen LogP) is 2.33. The summed E-state index contributed by atoms with van der Waals surface area (Å²) in [5, 5.41) is 3.42. The number of piperazine rings is 1. The third-order valence-corrected chi connectivity index (χ3v) is 4.24. The molecule has 1 amide bonds. The molecule has 1 N–H and O–H groups in total. The van der Waals surface area contributed by atoms with Crippen LogP contribution in [0.5, 0.6) is 0 Å². The number of nitrogens with one attached hydrogen (secondary N) is 1. The maximum atomic E-state index is 12.2. The lowest BCUT2D eigenvalue weighted by atomic mass is 10.1. The van der Waals surface area contributed by atoms with Crippen molar-refractivity contribution in [1.29, 1.82) is 0 Å². The molecule has 1 aliphatic rings. The molecule has 0 spiro atoms. The van der Waals surface area contributed by atoms with E-state index in [4.69, 9.17) is 0 Å². The number of halogens is 1. The topological polar surface area (TPSA) is 32.3 Å². The number of hydrogen-bond acceptors (Lipinski definition) is 3. The Morgan fingerprint density at radius 2 is 2.06 bits per heavy atom. The molecule has 1 aliphatic heterocycles. The van der Waals surface area contributed by atoms with Gasteiger partial charge in [0.05, 0.1) is 8.66 Å². The second-order valence-corrected chi connectivity index (χ2v) is 6.75. The zero-order chi connectivity index (χ0) is 11.7. The van der Waals surface area contributed by atoms with E-state index in [1.54, 1.807) is 0 Å². The first kappa shape index (κ1) is 12.1. The smallest absolute Gasteiger partial charge is 0.264 e. The highest BCUT2D eigenvalue weighted by Crippen LogP contribution is 2.23.